The van der Waals surface area contributed by atoms with Crippen molar-refractivity contribution in [3.8, 4) is 17.0 Å². The van der Waals surface area contributed by atoms with Gasteiger partial charge in [-0.15, -0.1) is 10.2 Å². The minimum absolute atomic E-state index is 0.185. The lowest BCUT2D eigenvalue weighted by Gasteiger charge is -2.09. The molecule has 0 amide bonds. The lowest BCUT2D eigenvalue weighted by Crippen LogP contribution is -2.02. The Balaban J connectivity index is 1.81. The Kier molecular flexibility index (Phi) is 4.87. The second-order valence-electron chi connectivity index (χ2n) is 5.53. The molecule has 0 fully saturated rings. The van der Waals surface area contributed by atoms with Gasteiger partial charge in [0.05, 0.1) is 5.69 Å². The first-order chi connectivity index (χ1) is 11.7. The number of rotatable bonds is 4. The number of hydrogen-bond acceptors (Lipinski definition) is 4. The molecule has 2 aromatic rings. The summed E-state index contributed by atoms with van der Waals surface area (Å²) in [4.78, 5) is 0. The molecule has 120 valence electrons. The van der Waals surface area contributed by atoms with E-state index in [2.05, 4.69) is 22.3 Å². The van der Waals surface area contributed by atoms with E-state index in [1.807, 2.05) is 48.6 Å². The average Bonchev–Trinajstić information content (AvgIpc) is 2.56. The highest BCUT2D eigenvalue weighted by molar-refractivity contribution is 5.67. The molecule has 0 saturated heterocycles. The van der Waals surface area contributed by atoms with Crippen LogP contribution in [0.5, 0.6) is 5.75 Å². The number of allylic oxidation sites excluding steroid dienone is 8. The second kappa shape index (κ2) is 7.42. The van der Waals surface area contributed by atoms with Gasteiger partial charge in [-0.3, -0.25) is 0 Å². The van der Waals surface area contributed by atoms with E-state index in [0.29, 0.717) is 17.1 Å². The third-order valence-electron chi connectivity index (χ3n) is 3.83. The van der Waals surface area contributed by atoms with Gasteiger partial charge in [0.15, 0.2) is 0 Å². The van der Waals surface area contributed by atoms with Crippen molar-refractivity contribution in [2.45, 2.75) is 12.8 Å². The topological polar surface area (TPSA) is 72.0 Å². The summed E-state index contributed by atoms with van der Waals surface area (Å²) >= 11 is 0. The van der Waals surface area contributed by atoms with Crippen molar-refractivity contribution in [2.24, 2.45) is 0 Å². The zero-order valence-corrected chi connectivity index (χ0v) is 13.3. The summed E-state index contributed by atoms with van der Waals surface area (Å²) in [5.74, 6) is 0.616. The molecule has 1 aromatic carbocycles. The summed E-state index contributed by atoms with van der Waals surface area (Å²) in [6.45, 7) is 0. The van der Waals surface area contributed by atoms with Gasteiger partial charge in [-0.1, -0.05) is 54.7 Å². The minimum atomic E-state index is 0.185. The fourth-order valence-corrected chi connectivity index (χ4v) is 2.51. The number of phenolic OH excluding ortho intramolecular Hbond substituents is 1. The highest BCUT2D eigenvalue weighted by atomic mass is 16.3. The maximum Gasteiger partial charge on any atom is 0.149 e. The van der Waals surface area contributed by atoms with Crippen molar-refractivity contribution < 1.29 is 5.11 Å². The number of phenols is 1. The Labute approximate surface area is 141 Å². The van der Waals surface area contributed by atoms with Crippen molar-refractivity contribution in [2.75, 3.05) is 5.73 Å². The number of aromatic hydroxyl groups is 1. The fourth-order valence-electron chi connectivity index (χ4n) is 2.51. The normalized spacial score (nSPS) is 19.6. The molecule has 1 heterocycles. The molecule has 24 heavy (non-hydrogen) atoms. The van der Waals surface area contributed by atoms with Crippen LogP contribution in [-0.4, -0.2) is 15.3 Å². The minimum Gasteiger partial charge on any atom is -0.507 e. The molecule has 3 N–H and O–H groups in total. The van der Waals surface area contributed by atoms with Crippen molar-refractivity contribution in [1.82, 2.24) is 10.2 Å². The Hall–Kier alpha value is -3.14. The number of aryl methyl sites for hydroxylation is 1. The molecule has 0 spiro atoms. The van der Waals surface area contributed by atoms with Crippen LogP contribution in [0.3, 0.4) is 0 Å². The molecule has 0 atom stereocenters. The second-order valence-corrected chi connectivity index (χ2v) is 5.53. The molecule has 4 heteroatoms. The van der Waals surface area contributed by atoms with E-state index in [9.17, 15) is 5.11 Å². The Morgan fingerprint density at radius 2 is 1.71 bits per heavy atom. The van der Waals surface area contributed by atoms with Crippen LogP contribution in [0.1, 0.15) is 12.0 Å². The molecule has 0 aliphatic heterocycles. The molecule has 0 saturated carbocycles. The van der Waals surface area contributed by atoms with Gasteiger partial charge in [0.1, 0.15) is 11.6 Å². The molecule has 0 bridgehead atoms. The lowest BCUT2D eigenvalue weighted by atomic mass is 10.0. The highest BCUT2D eigenvalue weighted by Crippen LogP contribution is 2.28. The van der Waals surface area contributed by atoms with E-state index in [4.69, 9.17) is 5.73 Å². The fraction of sp³-hybridized carbons (Fsp3) is 0.100. The van der Waals surface area contributed by atoms with Gasteiger partial charge in [-0.05, 0) is 42.2 Å². The van der Waals surface area contributed by atoms with E-state index < -0.39 is 0 Å². The Bertz CT molecular complexity index is 848. The smallest absolute Gasteiger partial charge is 0.149 e. The third kappa shape index (κ3) is 3.79. The maximum atomic E-state index is 9.98. The average molecular weight is 317 g/mol. The van der Waals surface area contributed by atoms with E-state index in [-0.39, 0.29) is 5.75 Å². The first kappa shape index (κ1) is 15.7. The number of nitrogens with two attached hydrogens (primary N) is 1. The Morgan fingerprint density at radius 1 is 0.917 bits per heavy atom. The van der Waals surface area contributed by atoms with Crippen molar-refractivity contribution in [3.05, 3.63) is 84.0 Å². The predicted octanol–water partition coefficient (Wildman–Crippen LogP) is 3.97. The van der Waals surface area contributed by atoms with Crippen LogP contribution >= 0.6 is 0 Å². The molecule has 1 aliphatic carbocycles. The van der Waals surface area contributed by atoms with E-state index >= 15 is 0 Å². The SMILES string of the molecule is Nc1nnc(-c2ccccc2O)cc1CCC1=C/C=C\C=C/C=C\1. The molecule has 1 aromatic heterocycles. The number of aromatic nitrogens is 2. The number of benzene rings is 1. The van der Waals surface area contributed by atoms with Crippen LogP contribution in [0.4, 0.5) is 5.82 Å². The third-order valence-corrected chi connectivity index (χ3v) is 3.83. The zero-order valence-electron chi connectivity index (χ0n) is 13.3. The van der Waals surface area contributed by atoms with Crippen LogP contribution in [0.25, 0.3) is 11.3 Å². The van der Waals surface area contributed by atoms with Gasteiger partial charge in [0.2, 0.25) is 0 Å². The van der Waals surface area contributed by atoms with E-state index in [1.54, 1.807) is 12.1 Å². The van der Waals surface area contributed by atoms with Crippen LogP contribution in [-0.2, 0) is 6.42 Å². The molecular formula is C20H19N3O. The monoisotopic (exact) mass is 317 g/mol. The van der Waals surface area contributed by atoms with Crippen LogP contribution in [0, 0.1) is 0 Å². The summed E-state index contributed by atoms with van der Waals surface area (Å²) in [6, 6.07) is 8.99. The van der Waals surface area contributed by atoms with Crippen LogP contribution in [0.15, 0.2) is 78.4 Å². The summed E-state index contributed by atoms with van der Waals surface area (Å²) in [5, 5.41) is 18.1. The first-order valence-electron chi connectivity index (χ1n) is 7.85. The van der Waals surface area contributed by atoms with Gasteiger partial charge < -0.3 is 10.8 Å². The van der Waals surface area contributed by atoms with Crippen molar-refractivity contribution in [3.63, 3.8) is 0 Å². The molecule has 1 aliphatic rings. The molecule has 0 radical (unpaired) electrons. The lowest BCUT2D eigenvalue weighted by molar-refractivity contribution is 0.477. The Morgan fingerprint density at radius 3 is 2.58 bits per heavy atom. The first-order valence-corrected chi connectivity index (χ1v) is 7.85. The molecule has 4 nitrogen and oxygen atoms in total. The number of anilines is 1. The van der Waals surface area contributed by atoms with E-state index in [0.717, 1.165) is 18.4 Å². The van der Waals surface area contributed by atoms with Crippen molar-refractivity contribution in [1.29, 1.82) is 0 Å². The van der Waals surface area contributed by atoms with Gasteiger partial charge in [0.25, 0.3) is 0 Å². The van der Waals surface area contributed by atoms with Gasteiger partial charge in [0, 0.05) is 5.56 Å². The summed E-state index contributed by atoms with van der Waals surface area (Å²) in [5.41, 5.74) is 9.41. The largest absolute Gasteiger partial charge is 0.507 e. The predicted molar refractivity (Wildman–Crippen MR) is 97.4 cm³/mol. The van der Waals surface area contributed by atoms with Gasteiger partial charge in [-0.25, -0.2) is 0 Å². The summed E-state index contributed by atoms with van der Waals surface area (Å²) < 4.78 is 0. The zero-order chi connectivity index (χ0) is 16.8. The van der Waals surface area contributed by atoms with Crippen molar-refractivity contribution >= 4 is 5.82 Å². The number of nitrogen functional groups attached to an aromatic ring is 1. The molecule has 0 unspecified atom stereocenters. The molecular weight excluding hydrogens is 298 g/mol. The molecule has 3 rings (SSSR count). The number of nitrogens with zero attached hydrogens (tertiary/aromatic N) is 2. The van der Waals surface area contributed by atoms with Crippen LogP contribution < -0.4 is 5.73 Å². The summed E-state index contributed by atoms with van der Waals surface area (Å²) in [6.07, 6.45) is 15.8. The number of hydrogen-bond donors (Lipinski definition) is 2. The maximum absolute atomic E-state index is 9.98. The van der Waals surface area contributed by atoms with Crippen LogP contribution in [0.2, 0.25) is 0 Å². The van der Waals surface area contributed by atoms with E-state index in [1.165, 1.54) is 5.57 Å². The highest BCUT2D eigenvalue weighted by Gasteiger charge is 2.10. The quantitative estimate of drug-likeness (QED) is 0.895. The number of para-hydroxylation sites is 1. The summed E-state index contributed by atoms with van der Waals surface area (Å²) in [7, 11) is 0. The van der Waals surface area contributed by atoms with Gasteiger partial charge >= 0.3 is 0 Å². The van der Waals surface area contributed by atoms with Gasteiger partial charge in [-0.2, -0.15) is 0 Å². The standard InChI is InChI=1S/C20H19N3O/c21-20-16(13-12-15-8-4-2-1-3-5-9-15)14-18(22-23-20)17-10-6-7-11-19(17)24/h1-11,14,24H,12-13H2,(H2,21,23)/b2-1-,3-1?,4-2?,5-3-,8-4-,9-5?,15-8?,15-9+.